The van der Waals surface area contributed by atoms with Crippen LogP contribution in [0.25, 0.3) is 0 Å². The molecule has 0 aliphatic rings. The zero-order valence-electron chi connectivity index (χ0n) is 12.0. The van der Waals surface area contributed by atoms with Crippen molar-refractivity contribution in [1.82, 2.24) is 9.55 Å². The van der Waals surface area contributed by atoms with E-state index in [1.54, 1.807) is 0 Å². The second kappa shape index (κ2) is 6.47. The third kappa shape index (κ3) is 3.29. The molecule has 0 atom stereocenters. The lowest BCUT2D eigenvalue weighted by atomic mass is 10.2. The summed E-state index contributed by atoms with van der Waals surface area (Å²) in [6.45, 7) is 0. The molecule has 1 aromatic heterocycles. The molecule has 13 heteroatoms. The summed E-state index contributed by atoms with van der Waals surface area (Å²) in [5.41, 5.74) is 1.61. The Kier molecular flexibility index (Phi) is 4.44. The summed E-state index contributed by atoms with van der Waals surface area (Å²) >= 11 is 0. The van der Waals surface area contributed by atoms with Crippen LogP contribution in [0.3, 0.4) is 0 Å². The summed E-state index contributed by atoms with van der Waals surface area (Å²) in [5, 5.41) is 36.0. The number of anilines is 1. The van der Waals surface area contributed by atoms with E-state index in [1.165, 1.54) is 19.5 Å². The number of hydrogen-bond donors (Lipinski definition) is 1. The highest BCUT2D eigenvalue weighted by Crippen LogP contribution is 2.28. The van der Waals surface area contributed by atoms with Crippen molar-refractivity contribution in [3.63, 3.8) is 0 Å². The van der Waals surface area contributed by atoms with Gasteiger partial charge in [-0.1, -0.05) is 4.98 Å². The van der Waals surface area contributed by atoms with Crippen molar-refractivity contribution in [2.24, 2.45) is 12.1 Å². The van der Waals surface area contributed by atoms with E-state index >= 15 is 0 Å². The van der Waals surface area contributed by atoms with Crippen LogP contribution in [-0.2, 0) is 7.05 Å². The topological polar surface area (TPSA) is 172 Å². The molecule has 0 saturated carbocycles. The molecule has 124 valence electrons. The van der Waals surface area contributed by atoms with E-state index in [0.29, 0.717) is 0 Å². The van der Waals surface area contributed by atoms with Crippen molar-refractivity contribution < 1.29 is 14.8 Å². The summed E-state index contributed by atoms with van der Waals surface area (Å²) in [7, 11) is 1.40. The predicted molar refractivity (Wildman–Crippen MR) is 80.8 cm³/mol. The number of non-ortho nitro benzene ring substituents is 1. The molecule has 0 bridgehead atoms. The highest BCUT2D eigenvalue weighted by atomic mass is 16.6. The summed E-state index contributed by atoms with van der Waals surface area (Å²) in [5.74, 6) is -0.391. The summed E-state index contributed by atoms with van der Waals surface area (Å²) in [6, 6.07) is 3.02. The molecular formula is C11H9N7O6. The summed E-state index contributed by atoms with van der Waals surface area (Å²) < 4.78 is 1.16. The smallest absolute Gasteiger partial charge is 0.390 e. The van der Waals surface area contributed by atoms with Gasteiger partial charge in [-0.25, -0.2) is 4.57 Å². The standard InChI is InChI=1S/C11H9N7O6/c1-15-8(5-12-11(15)18(23)24)6-13-14-9-3-2-7(16(19)20)4-10(9)17(21)22/h2-6,14H,1H3. The number of aromatic nitrogens is 2. The number of hydrazone groups is 1. The van der Waals surface area contributed by atoms with Crippen molar-refractivity contribution in [2.75, 3.05) is 5.43 Å². The van der Waals surface area contributed by atoms with Crippen molar-refractivity contribution >= 4 is 29.2 Å². The second-order valence-electron chi connectivity index (χ2n) is 4.38. The van der Waals surface area contributed by atoms with Gasteiger partial charge in [-0.3, -0.25) is 25.7 Å². The van der Waals surface area contributed by atoms with Crippen LogP contribution in [0.1, 0.15) is 5.69 Å². The molecule has 0 saturated heterocycles. The van der Waals surface area contributed by atoms with Gasteiger partial charge in [-0.2, -0.15) is 5.10 Å². The second-order valence-corrected chi connectivity index (χ2v) is 4.38. The third-order valence-corrected chi connectivity index (χ3v) is 2.93. The number of benzene rings is 1. The van der Waals surface area contributed by atoms with Gasteiger partial charge in [0.2, 0.25) is 0 Å². The SMILES string of the molecule is Cn1c(C=NNc2ccc([N+](=O)[O-])cc2[N+](=O)[O-])cnc1[N+](=O)[O-]. The largest absolute Gasteiger partial charge is 0.434 e. The molecule has 0 spiro atoms. The molecule has 24 heavy (non-hydrogen) atoms. The van der Waals surface area contributed by atoms with Gasteiger partial charge in [0, 0.05) is 6.07 Å². The fourth-order valence-corrected chi connectivity index (χ4v) is 1.75. The fourth-order valence-electron chi connectivity index (χ4n) is 1.75. The summed E-state index contributed by atoms with van der Waals surface area (Å²) in [4.78, 5) is 33.6. The van der Waals surface area contributed by atoms with E-state index in [4.69, 9.17) is 0 Å². The molecule has 0 radical (unpaired) electrons. The van der Waals surface area contributed by atoms with Crippen LogP contribution in [0.4, 0.5) is 23.0 Å². The minimum absolute atomic E-state index is 0.0708. The number of nitrogens with one attached hydrogen (secondary N) is 1. The zero-order valence-corrected chi connectivity index (χ0v) is 12.0. The number of rotatable bonds is 6. The molecule has 2 rings (SSSR count). The van der Waals surface area contributed by atoms with E-state index in [9.17, 15) is 30.3 Å². The molecular weight excluding hydrogens is 326 g/mol. The van der Waals surface area contributed by atoms with Crippen LogP contribution in [0, 0.1) is 30.3 Å². The lowest BCUT2D eigenvalue weighted by Crippen LogP contribution is -2.02. The molecule has 0 aliphatic carbocycles. The minimum atomic E-state index is -0.792. The molecule has 0 fully saturated rings. The molecule has 0 unspecified atom stereocenters. The Hall–Kier alpha value is -3.90. The highest BCUT2D eigenvalue weighted by molar-refractivity contribution is 5.79. The minimum Gasteiger partial charge on any atom is -0.390 e. The number of hydrogen-bond acceptors (Lipinski definition) is 9. The van der Waals surface area contributed by atoms with Gasteiger partial charge in [0.25, 0.3) is 5.69 Å². The maximum absolute atomic E-state index is 11.0. The van der Waals surface area contributed by atoms with Gasteiger partial charge in [0.1, 0.15) is 11.9 Å². The normalized spacial score (nSPS) is 10.7. The first-order valence-electron chi connectivity index (χ1n) is 6.19. The average molecular weight is 335 g/mol. The third-order valence-electron chi connectivity index (χ3n) is 2.93. The Morgan fingerprint density at radius 2 is 1.88 bits per heavy atom. The quantitative estimate of drug-likeness (QED) is 0.470. The molecule has 0 amide bonds. The van der Waals surface area contributed by atoms with E-state index in [-0.39, 0.29) is 11.4 Å². The molecule has 0 aliphatic heterocycles. The first-order valence-corrected chi connectivity index (χ1v) is 6.19. The Bertz CT molecular complexity index is 859. The molecule has 1 aromatic carbocycles. The number of nitro groups is 3. The Balaban J connectivity index is 2.24. The van der Waals surface area contributed by atoms with Crippen LogP contribution in [0.15, 0.2) is 29.5 Å². The van der Waals surface area contributed by atoms with Crippen LogP contribution in [0.5, 0.6) is 0 Å². The fraction of sp³-hybridized carbons (Fsp3) is 0.0909. The van der Waals surface area contributed by atoms with Crippen LogP contribution < -0.4 is 5.43 Å². The van der Waals surface area contributed by atoms with Crippen LogP contribution >= 0.6 is 0 Å². The molecule has 1 heterocycles. The average Bonchev–Trinajstić information content (AvgIpc) is 2.88. The van der Waals surface area contributed by atoms with Crippen LogP contribution in [-0.4, -0.2) is 30.5 Å². The van der Waals surface area contributed by atoms with Crippen molar-refractivity contribution in [1.29, 1.82) is 0 Å². The first-order chi connectivity index (χ1) is 11.3. The molecule has 13 nitrogen and oxygen atoms in total. The van der Waals surface area contributed by atoms with Gasteiger partial charge < -0.3 is 10.1 Å². The van der Waals surface area contributed by atoms with Gasteiger partial charge in [0.05, 0.1) is 29.2 Å². The maximum Gasteiger partial charge on any atom is 0.434 e. The Morgan fingerprint density at radius 3 is 2.42 bits per heavy atom. The number of nitrogens with zero attached hydrogens (tertiary/aromatic N) is 6. The highest BCUT2D eigenvalue weighted by Gasteiger charge is 2.19. The zero-order chi connectivity index (χ0) is 17.9. The lowest BCUT2D eigenvalue weighted by Gasteiger charge is -2.01. The predicted octanol–water partition coefficient (Wildman–Crippen LogP) is 1.59. The maximum atomic E-state index is 11.0. The van der Waals surface area contributed by atoms with E-state index in [2.05, 4.69) is 15.5 Å². The van der Waals surface area contributed by atoms with Crippen molar-refractivity contribution in [3.05, 3.63) is 60.4 Å². The summed E-state index contributed by atoms with van der Waals surface area (Å²) in [6.07, 6.45) is 2.37. The number of nitro benzene ring substituents is 2. The van der Waals surface area contributed by atoms with Crippen molar-refractivity contribution in [2.45, 2.75) is 0 Å². The Labute approximate surface area is 132 Å². The van der Waals surface area contributed by atoms with E-state index in [0.717, 1.165) is 22.8 Å². The van der Waals surface area contributed by atoms with Gasteiger partial charge >= 0.3 is 11.6 Å². The lowest BCUT2D eigenvalue weighted by molar-refractivity contribution is -0.396. The van der Waals surface area contributed by atoms with E-state index < -0.39 is 32.1 Å². The van der Waals surface area contributed by atoms with Crippen molar-refractivity contribution in [3.8, 4) is 0 Å². The first kappa shape index (κ1) is 16.5. The van der Waals surface area contributed by atoms with Crippen LogP contribution in [0.2, 0.25) is 0 Å². The monoisotopic (exact) mass is 335 g/mol. The van der Waals surface area contributed by atoms with Gasteiger partial charge in [-0.15, -0.1) is 0 Å². The van der Waals surface area contributed by atoms with Gasteiger partial charge in [-0.05, 0) is 11.0 Å². The molecule has 2 aromatic rings. The van der Waals surface area contributed by atoms with Gasteiger partial charge in [0.15, 0.2) is 5.69 Å². The Morgan fingerprint density at radius 1 is 1.17 bits per heavy atom. The number of imidazole rings is 1. The van der Waals surface area contributed by atoms with E-state index in [1.807, 2.05) is 0 Å². The molecule has 1 N–H and O–H groups in total.